The van der Waals surface area contributed by atoms with Crippen LogP contribution in [0.3, 0.4) is 0 Å². The average molecular weight is 290 g/mol. The Kier molecular flexibility index (Phi) is 4.74. The molecule has 0 saturated heterocycles. The molecule has 0 bridgehead atoms. The smallest absolute Gasteiger partial charge is 0.339 e. The third kappa shape index (κ3) is 3.36. The maximum atomic E-state index is 11.6. The molecule has 5 heteroatoms. The van der Waals surface area contributed by atoms with E-state index in [-0.39, 0.29) is 5.97 Å². The zero-order chi connectivity index (χ0) is 14.5. The molecule has 106 valence electrons. The molecule has 0 radical (unpaired) electrons. The Bertz CT molecular complexity index is 578. The number of carbonyl (C=O) groups excluding carboxylic acids is 1. The third-order valence-corrected chi connectivity index (χ3v) is 4.01. The lowest BCUT2D eigenvalue weighted by Crippen LogP contribution is -2.17. The molecule has 0 unspecified atom stereocenters. The van der Waals surface area contributed by atoms with Crippen molar-refractivity contribution in [3.05, 3.63) is 45.8 Å². The van der Waals surface area contributed by atoms with Crippen LogP contribution < -0.4 is 4.90 Å². The molecule has 0 saturated carbocycles. The summed E-state index contributed by atoms with van der Waals surface area (Å²) >= 11 is 1.74. The Morgan fingerprint density at radius 1 is 1.40 bits per heavy atom. The van der Waals surface area contributed by atoms with Gasteiger partial charge in [-0.3, -0.25) is 0 Å². The molecule has 2 aromatic heterocycles. The number of aromatic nitrogens is 1. The van der Waals surface area contributed by atoms with E-state index < -0.39 is 0 Å². The van der Waals surface area contributed by atoms with Crippen molar-refractivity contribution in [1.82, 2.24) is 4.98 Å². The van der Waals surface area contributed by atoms with Gasteiger partial charge in [-0.2, -0.15) is 0 Å². The highest BCUT2D eigenvalue weighted by molar-refractivity contribution is 7.10. The fraction of sp³-hybridized carbons (Fsp3) is 0.333. The minimum Gasteiger partial charge on any atom is -0.462 e. The number of ether oxygens (including phenoxy) is 1. The summed E-state index contributed by atoms with van der Waals surface area (Å²) in [4.78, 5) is 19.3. The van der Waals surface area contributed by atoms with Crippen molar-refractivity contribution in [1.29, 1.82) is 0 Å². The highest BCUT2D eigenvalue weighted by Gasteiger charge is 2.10. The van der Waals surface area contributed by atoms with Crippen LogP contribution in [-0.2, 0) is 11.3 Å². The SMILES string of the molecule is CCOC(=O)c1ccc(N(C)Cc2sccc2C)nc1. The number of nitrogens with zero attached hydrogens (tertiary/aromatic N) is 2. The van der Waals surface area contributed by atoms with Gasteiger partial charge < -0.3 is 9.64 Å². The topological polar surface area (TPSA) is 42.4 Å². The van der Waals surface area contributed by atoms with E-state index in [9.17, 15) is 4.79 Å². The van der Waals surface area contributed by atoms with Gasteiger partial charge in [0.1, 0.15) is 5.82 Å². The molecule has 2 rings (SSSR count). The maximum Gasteiger partial charge on any atom is 0.339 e. The summed E-state index contributed by atoms with van der Waals surface area (Å²) in [6.45, 7) is 5.08. The Morgan fingerprint density at radius 3 is 2.75 bits per heavy atom. The second-order valence-electron chi connectivity index (χ2n) is 4.51. The largest absolute Gasteiger partial charge is 0.462 e. The summed E-state index contributed by atoms with van der Waals surface area (Å²) in [5.41, 5.74) is 1.78. The van der Waals surface area contributed by atoms with Crippen molar-refractivity contribution in [2.45, 2.75) is 20.4 Å². The first-order valence-corrected chi connectivity index (χ1v) is 7.37. The van der Waals surface area contributed by atoms with Gasteiger partial charge in [0.25, 0.3) is 0 Å². The predicted molar refractivity (Wildman–Crippen MR) is 81.4 cm³/mol. The monoisotopic (exact) mass is 290 g/mol. The number of esters is 1. The second-order valence-corrected chi connectivity index (χ2v) is 5.51. The first-order valence-electron chi connectivity index (χ1n) is 6.49. The van der Waals surface area contributed by atoms with E-state index in [1.54, 1.807) is 30.5 Å². The van der Waals surface area contributed by atoms with Crippen molar-refractivity contribution < 1.29 is 9.53 Å². The van der Waals surface area contributed by atoms with Crippen LogP contribution in [0.15, 0.2) is 29.8 Å². The summed E-state index contributed by atoms with van der Waals surface area (Å²) in [5, 5.41) is 2.09. The molecule has 0 aliphatic rings. The highest BCUT2D eigenvalue weighted by atomic mass is 32.1. The number of hydrogen-bond acceptors (Lipinski definition) is 5. The molecule has 20 heavy (non-hydrogen) atoms. The minimum atomic E-state index is -0.330. The first kappa shape index (κ1) is 14.5. The molecule has 0 aromatic carbocycles. The molecule has 0 spiro atoms. The summed E-state index contributed by atoms with van der Waals surface area (Å²) < 4.78 is 4.94. The zero-order valence-corrected chi connectivity index (χ0v) is 12.7. The molecule has 4 nitrogen and oxygen atoms in total. The van der Waals surface area contributed by atoms with Crippen LogP contribution in [0.4, 0.5) is 5.82 Å². The van der Waals surface area contributed by atoms with E-state index in [1.807, 2.05) is 13.1 Å². The van der Waals surface area contributed by atoms with Crippen LogP contribution in [0.2, 0.25) is 0 Å². The Labute approximate surface area is 123 Å². The quantitative estimate of drug-likeness (QED) is 0.793. The second kappa shape index (κ2) is 6.52. The van der Waals surface area contributed by atoms with Gasteiger partial charge in [-0.1, -0.05) is 0 Å². The number of anilines is 1. The lowest BCUT2D eigenvalue weighted by molar-refractivity contribution is 0.0526. The highest BCUT2D eigenvalue weighted by Crippen LogP contribution is 2.20. The number of thiophene rings is 1. The van der Waals surface area contributed by atoms with E-state index in [0.29, 0.717) is 12.2 Å². The van der Waals surface area contributed by atoms with Crippen LogP contribution in [0, 0.1) is 6.92 Å². The van der Waals surface area contributed by atoms with Gasteiger partial charge in [0, 0.05) is 18.1 Å². The van der Waals surface area contributed by atoms with Gasteiger partial charge in [0.05, 0.1) is 18.7 Å². The number of hydrogen-bond donors (Lipinski definition) is 0. The lowest BCUT2D eigenvalue weighted by atomic mass is 10.2. The van der Waals surface area contributed by atoms with E-state index in [2.05, 4.69) is 28.3 Å². The Morgan fingerprint density at radius 2 is 2.20 bits per heavy atom. The van der Waals surface area contributed by atoms with Gasteiger partial charge in [-0.25, -0.2) is 9.78 Å². The molecule has 2 aromatic rings. The number of pyridine rings is 1. The van der Waals surface area contributed by atoms with Crippen LogP contribution in [0.25, 0.3) is 0 Å². The fourth-order valence-corrected chi connectivity index (χ4v) is 2.77. The molecule has 0 aliphatic heterocycles. The van der Waals surface area contributed by atoms with E-state index in [4.69, 9.17) is 4.74 Å². The van der Waals surface area contributed by atoms with Gasteiger partial charge in [0.2, 0.25) is 0 Å². The summed E-state index contributed by atoms with van der Waals surface area (Å²) in [5.74, 6) is 0.508. The summed E-state index contributed by atoms with van der Waals surface area (Å²) in [7, 11) is 1.99. The molecule has 0 fully saturated rings. The number of aryl methyl sites for hydroxylation is 1. The van der Waals surface area contributed by atoms with Gasteiger partial charge in [-0.05, 0) is 43.0 Å². The first-order chi connectivity index (χ1) is 9.61. The Balaban J connectivity index is 2.06. The van der Waals surface area contributed by atoms with Gasteiger partial charge in [-0.15, -0.1) is 11.3 Å². The van der Waals surface area contributed by atoms with Crippen molar-refractivity contribution in [3.8, 4) is 0 Å². The molecule has 2 heterocycles. The number of rotatable bonds is 5. The van der Waals surface area contributed by atoms with E-state index in [0.717, 1.165) is 12.4 Å². The van der Waals surface area contributed by atoms with Crippen molar-refractivity contribution in [2.75, 3.05) is 18.6 Å². The maximum absolute atomic E-state index is 11.6. The summed E-state index contributed by atoms with van der Waals surface area (Å²) in [6, 6.07) is 5.71. The fourth-order valence-electron chi connectivity index (χ4n) is 1.81. The van der Waals surface area contributed by atoms with Crippen molar-refractivity contribution in [3.63, 3.8) is 0 Å². The standard InChI is InChI=1S/C15H18N2O2S/c1-4-19-15(18)12-5-6-14(16-9-12)17(3)10-13-11(2)7-8-20-13/h5-9H,4,10H2,1-3H3. The van der Waals surface area contributed by atoms with E-state index >= 15 is 0 Å². The molecule has 0 N–H and O–H groups in total. The molecular weight excluding hydrogens is 272 g/mol. The van der Waals surface area contributed by atoms with Crippen LogP contribution in [-0.4, -0.2) is 24.6 Å². The Hall–Kier alpha value is -1.88. The number of carbonyl (C=O) groups is 1. The van der Waals surface area contributed by atoms with Gasteiger partial charge in [0.15, 0.2) is 0 Å². The molecule has 0 amide bonds. The van der Waals surface area contributed by atoms with E-state index in [1.165, 1.54) is 10.4 Å². The van der Waals surface area contributed by atoms with Crippen LogP contribution in [0.1, 0.15) is 27.7 Å². The normalized spacial score (nSPS) is 10.3. The molecule has 0 atom stereocenters. The van der Waals surface area contributed by atoms with Crippen molar-refractivity contribution in [2.24, 2.45) is 0 Å². The predicted octanol–water partition coefficient (Wildman–Crippen LogP) is 3.26. The van der Waals surface area contributed by atoms with Crippen LogP contribution in [0.5, 0.6) is 0 Å². The average Bonchev–Trinajstić information content (AvgIpc) is 2.85. The van der Waals surface area contributed by atoms with Gasteiger partial charge >= 0.3 is 5.97 Å². The van der Waals surface area contributed by atoms with Crippen LogP contribution >= 0.6 is 11.3 Å². The van der Waals surface area contributed by atoms with Crippen molar-refractivity contribution >= 4 is 23.1 Å². The zero-order valence-electron chi connectivity index (χ0n) is 11.9. The third-order valence-electron chi connectivity index (χ3n) is 3.00. The minimum absolute atomic E-state index is 0.330. The molecule has 0 aliphatic carbocycles. The molecular formula is C15H18N2O2S. The summed E-state index contributed by atoms with van der Waals surface area (Å²) in [6.07, 6.45) is 1.56. The lowest BCUT2D eigenvalue weighted by Gasteiger charge is -2.17.